The third-order valence-electron chi connectivity index (χ3n) is 7.30. The average molecular weight is 539 g/mol. The minimum Gasteiger partial charge on any atom is -0.389 e. The highest BCUT2D eigenvalue weighted by molar-refractivity contribution is 5.87. The number of hydrogen-bond acceptors (Lipinski definition) is 7. The van der Waals surface area contributed by atoms with Crippen LogP contribution in [0.5, 0.6) is 0 Å². The van der Waals surface area contributed by atoms with Gasteiger partial charge in [-0.15, -0.1) is 12.4 Å². The van der Waals surface area contributed by atoms with Gasteiger partial charge in [0.15, 0.2) is 0 Å². The standard InChI is InChI=1S/C26H42N6O4.ClH/c27-20(16-24(28)34)25(35)31-22(15-18-7-2-1-3-8-18)23(33)17-32(26(36)21-10-6-13-30-21)14-11-19-9-4-5-12-29-19;/h4-5,9,12,18,20-23,30,33H,1-3,6-8,10-11,13-17,27H2,(H2,28,34)(H,31,35);1H/t20-,21-,22?,23?;/m0./s1. The van der Waals surface area contributed by atoms with Crippen molar-refractivity contribution in [2.24, 2.45) is 17.4 Å². The lowest BCUT2D eigenvalue weighted by atomic mass is 9.83. The second-order valence-corrected chi connectivity index (χ2v) is 10.2. The van der Waals surface area contributed by atoms with Crippen LogP contribution < -0.4 is 22.1 Å². The molecule has 208 valence electrons. The Hall–Kier alpha value is -2.27. The van der Waals surface area contributed by atoms with Gasteiger partial charge in [-0.3, -0.25) is 19.4 Å². The van der Waals surface area contributed by atoms with Gasteiger partial charge in [-0.05, 0) is 43.9 Å². The fraction of sp³-hybridized carbons (Fsp3) is 0.692. The zero-order valence-electron chi connectivity index (χ0n) is 21.5. The van der Waals surface area contributed by atoms with Crippen LogP contribution in [0, 0.1) is 5.92 Å². The van der Waals surface area contributed by atoms with Crippen LogP contribution in [0.2, 0.25) is 0 Å². The fourth-order valence-corrected chi connectivity index (χ4v) is 5.25. The van der Waals surface area contributed by atoms with Gasteiger partial charge >= 0.3 is 0 Å². The largest absolute Gasteiger partial charge is 0.389 e. The molecule has 0 radical (unpaired) electrons. The zero-order valence-corrected chi connectivity index (χ0v) is 22.3. The molecule has 11 heteroatoms. The number of carbonyl (C=O) groups is 3. The summed E-state index contributed by atoms with van der Waals surface area (Å²) in [6.07, 6.45) is 8.88. The molecule has 1 saturated heterocycles. The number of aliphatic hydroxyl groups excluding tert-OH is 1. The molecule has 2 unspecified atom stereocenters. The van der Waals surface area contributed by atoms with E-state index in [0.717, 1.165) is 50.8 Å². The fourth-order valence-electron chi connectivity index (χ4n) is 5.25. The molecule has 1 aromatic heterocycles. The van der Waals surface area contributed by atoms with E-state index in [1.165, 1.54) is 6.42 Å². The smallest absolute Gasteiger partial charge is 0.239 e. The van der Waals surface area contributed by atoms with Crippen LogP contribution >= 0.6 is 12.4 Å². The van der Waals surface area contributed by atoms with Crippen LogP contribution in [0.1, 0.15) is 63.5 Å². The molecule has 1 aliphatic heterocycles. The van der Waals surface area contributed by atoms with Crippen molar-refractivity contribution < 1.29 is 19.5 Å². The molecule has 0 spiro atoms. The summed E-state index contributed by atoms with van der Waals surface area (Å²) in [5.74, 6) is -0.842. The number of carbonyl (C=O) groups excluding carboxylic acids is 3. The van der Waals surface area contributed by atoms with Crippen molar-refractivity contribution in [1.29, 1.82) is 0 Å². The molecule has 37 heavy (non-hydrogen) atoms. The highest BCUT2D eigenvalue weighted by Crippen LogP contribution is 2.28. The molecule has 4 atom stereocenters. The highest BCUT2D eigenvalue weighted by Gasteiger charge is 2.33. The zero-order chi connectivity index (χ0) is 25.9. The van der Waals surface area contributed by atoms with Gasteiger partial charge in [0.1, 0.15) is 0 Å². The van der Waals surface area contributed by atoms with Gasteiger partial charge < -0.3 is 32.1 Å². The van der Waals surface area contributed by atoms with Crippen molar-refractivity contribution in [2.45, 2.75) is 88.4 Å². The van der Waals surface area contributed by atoms with E-state index in [1.807, 2.05) is 18.2 Å². The Morgan fingerprint density at radius 3 is 2.54 bits per heavy atom. The molecule has 3 amide bonds. The first-order valence-electron chi connectivity index (χ1n) is 13.3. The minimum atomic E-state index is -1.08. The Labute approximate surface area is 225 Å². The summed E-state index contributed by atoms with van der Waals surface area (Å²) in [6.45, 7) is 1.30. The van der Waals surface area contributed by atoms with E-state index in [0.29, 0.717) is 25.3 Å². The monoisotopic (exact) mass is 538 g/mol. The molecule has 1 saturated carbocycles. The van der Waals surface area contributed by atoms with E-state index < -0.39 is 30.0 Å². The maximum absolute atomic E-state index is 13.3. The summed E-state index contributed by atoms with van der Waals surface area (Å²) in [5.41, 5.74) is 11.9. The van der Waals surface area contributed by atoms with Crippen molar-refractivity contribution in [1.82, 2.24) is 20.5 Å². The van der Waals surface area contributed by atoms with E-state index in [2.05, 4.69) is 15.6 Å². The van der Waals surface area contributed by atoms with Crippen LogP contribution in [-0.2, 0) is 20.8 Å². The lowest BCUT2D eigenvalue weighted by Crippen LogP contribution is -2.55. The van der Waals surface area contributed by atoms with E-state index in [4.69, 9.17) is 11.5 Å². The van der Waals surface area contributed by atoms with Crippen molar-refractivity contribution in [3.63, 3.8) is 0 Å². The molecule has 0 aromatic carbocycles. The van der Waals surface area contributed by atoms with E-state index >= 15 is 0 Å². The molecule has 2 fully saturated rings. The lowest BCUT2D eigenvalue weighted by Gasteiger charge is -2.34. The molecule has 0 bridgehead atoms. The number of primary amides is 1. The summed E-state index contributed by atoms with van der Waals surface area (Å²) in [4.78, 5) is 43.3. The quantitative estimate of drug-likeness (QED) is 0.246. The average Bonchev–Trinajstić information content (AvgIpc) is 3.41. The van der Waals surface area contributed by atoms with Crippen LogP contribution in [0.4, 0.5) is 0 Å². The van der Waals surface area contributed by atoms with Crippen molar-refractivity contribution in [2.75, 3.05) is 19.6 Å². The minimum absolute atomic E-state index is 0. The van der Waals surface area contributed by atoms with Crippen molar-refractivity contribution >= 4 is 30.1 Å². The van der Waals surface area contributed by atoms with Crippen LogP contribution in [0.15, 0.2) is 24.4 Å². The summed E-state index contributed by atoms with van der Waals surface area (Å²) < 4.78 is 0. The maximum Gasteiger partial charge on any atom is 0.239 e. The normalized spacial score (nSPS) is 20.3. The van der Waals surface area contributed by atoms with Crippen molar-refractivity contribution in [3.8, 4) is 0 Å². The third kappa shape index (κ3) is 10.2. The van der Waals surface area contributed by atoms with Gasteiger partial charge in [-0.25, -0.2) is 0 Å². The molecule has 1 aliphatic carbocycles. The second-order valence-electron chi connectivity index (χ2n) is 10.2. The maximum atomic E-state index is 13.3. The summed E-state index contributed by atoms with van der Waals surface area (Å²) in [6, 6.07) is 3.75. The van der Waals surface area contributed by atoms with Gasteiger partial charge in [0.2, 0.25) is 17.7 Å². The van der Waals surface area contributed by atoms with Crippen molar-refractivity contribution in [3.05, 3.63) is 30.1 Å². The summed E-state index contributed by atoms with van der Waals surface area (Å²) in [5, 5.41) is 17.5. The van der Waals surface area contributed by atoms with Crippen LogP contribution in [0.25, 0.3) is 0 Å². The number of pyridine rings is 1. The van der Waals surface area contributed by atoms with Gasteiger partial charge in [-0.1, -0.05) is 38.2 Å². The SMILES string of the molecule is Cl.NC(=O)C[C@H](N)C(=O)NC(CC1CCCCC1)C(O)CN(CCc1ccccn1)C(=O)[C@@H]1CCCN1. The number of nitrogens with two attached hydrogens (primary N) is 2. The predicted octanol–water partition coefficient (Wildman–Crippen LogP) is 0.645. The Morgan fingerprint density at radius 1 is 1.16 bits per heavy atom. The number of aromatic nitrogens is 1. The van der Waals surface area contributed by atoms with E-state index in [9.17, 15) is 19.5 Å². The molecular formula is C26H43ClN6O4. The summed E-state index contributed by atoms with van der Waals surface area (Å²) >= 11 is 0. The Kier molecular flexibility index (Phi) is 13.3. The number of nitrogens with zero attached hydrogens (tertiary/aromatic N) is 2. The molecule has 3 rings (SSSR count). The first-order valence-corrected chi connectivity index (χ1v) is 13.3. The van der Waals surface area contributed by atoms with Gasteiger partial charge in [0, 0.05) is 31.4 Å². The molecule has 1 aromatic rings. The Bertz CT molecular complexity index is 849. The Balaban J connectivity index is 0.00000481. The third-order valence-corrected chi connectivity index (χ3v) is 7.30. The topological polar surface area (TPSA) is 164 Å². The van der Waals surface area contributed by atoms with E-state index in [-0.39, 0.29) is 37.3 Å². The van der Waals surface area contributed by atoms with E-state index in [1.54, 1.807) is 11.1 Å². The molecule has 2 aliphatic rings. The molecule has 10 nitrogen and oxygen atoms in total. The van der Waals surface area contributed by atoms with Gasteiger partial charge in [0.05, 0.1) is 30.7 Å². The first-order chi connectivity index (χ1) is 17.3. The molecular weight excluding hydrogens is 496 g/mol. The summed E-state index contributed by atoms with van der Waals surface area (Å²) in [7, 11) is 0. The predicted molar refractivity (Wildman–Crippen MR) is 144 cm³/mol. The first kappa shape index (κ1) is 31.0. The number of nitrogens with one attached hydrogen (secondary N) is 2. The number of aliphatic hydroxyl groups is 1. The van der Waals surface area contributed by atoms with Crippen LogP contribution in [0.3, 0.4) is 0 Å². The number of halogens is 1. The van der Waals surface area contributed by atoms with Gasteiger partial charge in [0.25, 0.3) is 0 Å². The molecule has 2 heterocycles. The molecule has 7 N–H and O–H groups in total. The van der Waals surface area contributed by atoms with Gasteiger partial charge in [-0.2, -0.15) is 0 Å². The number of hydrogen-bond donors (Lipinski definition) is 5. The number of rotatable bonds is 13. The Morgan fingerprint density at radius 2 is 1.92 bits per heavy atom. The van der Waals surface area contributed by atoms with Crippen LogP contribution in [-0.4, -0.2) is 76.6 Å². The second kappa shape index (κ2) is 15.9. The lowest BCUT2D eigenvalue weighted by molar-refractivity contribution is -0.135. The number of amides is 3. The highest BCUT2D eigenvalue weighted by atomic mass is 35.5.